The Morgan fingerprint density at radius 1 is 1.33 bits per heavy atom. The van der Waals surface area contributed by atoms with Gasteiger partial charge in [-0.05, 0) is 49.7 Å². The Labute approximate surface area is 124 Å². The van der Waals surface area contributed by atoms with Gasteiger partial charge in [-0.25, -0.2) is 0 Å². The number of carbonyl (C=O) groups excluding carboxylic acids is 1. The van der Waals surface area contributed by atoms with E-state index in [0.717, 1.165) is 12.0 Å². The normalized spacial score (nSPS) is 11.9. The van der Waals surface area contributed by atoms with E-state index in [0.29, 0.717) is 24.6 Å². The summed E-state index contributed by atoms with van der Waals surface area (Å²) in [6.45, 7) is 2.69. The molecule has 1 heterocycles. The van der Waals surface area contributed by atoms with Gasteiger partial charge < -0.3 is 20.2 Å². The van der Waals surface area contributed by atoms with Gasteiger partial charge in [0.05, 0.1) is 12.8 Å². The Morgan fingerprint density at radius 2 is 2.10 bits per heavy atom. The molecule has 1 aromatic carbocycles. The van der Waals surface area contributed by atoms with Gasteiger partial charge in [0.2, 0.25) is 0 Å². The third-order valence-corrected chi connectivity index (χ3v) is 3.06. The number of benzene rings is 1. The molecule has 1 aromatic heterocycles. The molecule has 112 valence electrons. The predicted octanol–water partition coefficient (Wildman–Crippen LogP) is 1.86. The summed E-state index contributed by atoms with van der Waals surface area (Å²) >= 11 is 0. The van der Waals surface area contributed by atoms with E-state index in [9.17, 15) is 4.79 Å². The molecule has 0 radical (unpaired) electrons. The largest absolute Gasteiger partial charge is 0.481 e. The van der Waals surface area contributed by atoms with E-state index in [-0.39, 0.29) is 5.91 Å². The van der Waals surface area contributed by atoms with Crippen LogP contribution in [0.4, 0.5) is 0 Å². The Balaban J connectivity index is 1.82. The number of rotatable bonds is 7. The maximum Gasteiger partial charge on any atom is 0.261 e. The first-order chi connectivity index (χ1) is 10.2. The molecule has 1 amide bonds. The highest BCUT2D eigenvalue weighted by Gasteiger charge is 2.14. The number of hydrogen-bond acceptors (Lipinski definition) is 4. The van der Waals surface area contributed by atoms with Crippen LogP contribution in [0, 0.1) is 0 Å². The SMILES string of the molecule is CC(Oc1ccc(CCN)cc1)C(=O)NCc1ccco1. The van der Waals surface area contributed by atoms with Gasteiger partial charge in [-0.1, -0.05) is 12.1 Å². The van der Waals surface area contributed by atoms with E-state index < -0.39 is 6.10 Å². The average molecular weight is 288 g/mol. The van der Waals surface area contributed by atoms with Crippen molar-refractivity contribution in [3.05, 3.63) is 54.0 Å². The quantitative estimate of drug-likeness (QED) is 0.815. The molecule has 3 N–H and O–H groups in total. The van der Waals surface area contributed by atoms with Crippen LogP contribution >= 0.6 is 0 Å². The number of nitrogens with two attached hydrogens (primary N) is 1. The van der Waals surface area contributed by atoms with Crippen molar-refractivity contribution in [1.82, 2.24) is 5.32 Å². The molecule has 21 heavy (non-hydrogen) atoms. The topological polar surface area (TPSA) is 77.5 Å². The summed E-state index contributed by atoms with van der Waals surface area (Å²) in [6, 6.07) is 11.2. The number of carbonyl (C=O) groups is 1. The zero-order valence-electron chi connectivity index (χ0n) is 12.0. The molecule has 0 aliphatic rings. The van der Waals surface area contributed by atoms with Gasteiger partial charge >= 0.3 is 0 Å². The molecule has 2 rings (SSSR count). The second-order valence-corrected chi connectivity index (χ2v) is 4.74. The Kier molecular flexibility index (Phi) is 5.40. The van der Waals surface area contributed by atoms with Crippen LogP contribution in [-0.2, 0) is 17.8 Å². The van der Waals surface area contributed by atoms with Crippen LogP contribution in [0.3, 0.4) is 0 Å². The molecule has 5 nitrogen and oxygen atoms in total. The molecule has 2 aromatic rings. The lowest BCUT2D eigenvalue weighted by atomic mass is 10.1. The van der Waals surface area contributed by atoms with Crippen molar-refractivity contribution in [3.8, 4) is 5.75 Å². The second-order valence-electron chi connectivity index (χ2n) is 4.74. The van der Waals surface area contributed by atoms with Crippen molar-refractivity contribution in [1.29, 1.82) is 0 Å². The predicted molar refractivity (Wildman–Crippen MR) is 79.8 cm³/mol. The second kappa shape index (κ2) is 7.50. The fourth-order valence-electron chi connectivity index (χ4n) is 1.89. The summed E-state index contributed by atoms with van der Waals surface area (Å²) < 4.78 is 10.8. The minimum absolute atomic E-state index is 0.183. The van der Waals surface area contributed by atoms with E-state index in [1.807, 2.05) is 30.3 Å². The van der Waals surface area contributed by atoms with Gasteiger partial charge in [0.15, 0.2) is 6.10 Å². The average Bonchev–Trinajstić information content (AvgIpc) is 3.00. The van der Waals surface area contributed by atoms with Gasteiger partial charge in [-0.2, -0.15) is 0 Å². The maximum atomic E-state index is 11.9. The number of amides is 1. The van der Waals surface area contributed by atoms with Crippen LogP contribution < -0.4 is 15.8 Å². The molecule has 0 saturated heterocycles. The van der Waals surface area contributed by atoms with Crippen molar-refractivity contribution in [2.24, 2.45) is 5.73 Å². The van der Waals surface area contributed by atoms with Crippen LogP contribution in [0.1, 0.15) is 18.2 Å². The Hall–Kier alpha value is -2.27. The van der Waals surface area contributed by atoms with Crippen molar-refractivity contribution >= 4 is 5.91 Å². The molecular formula is C16H20N2O3. The van der Waals surface area contributed by atoms with Crippen LogP contribution in [0.2, 0.25) is 0 Å². The van der Waals surface area contributed by atoms with Gasteiger partial charge in [-0.15, -0.1) is 0 Å². The maximum absolute atomic E-state index is 11.9. The highest BCUT2D eigenvalue weighted by atomic mass is 16.5. The molecule has 5 heteroatoms. The first-order valence-corrected chi connectivity index (χ1v) is 6.95. The minimum atomic E-state index is -0.569. The fraction of sp³-hybridized carbons (Fsp3) is 0.312. The zero-order valence-corrected chi connectivity index (χ0v) is 12.0. The lowest BCUT2D eigenvalue weighted by Gasteiger charge is -2.14. The van der Waals surface area contributed by atoms with Crippen LogP contribution in [-0.4, -0.2) is 18.6 Å². The minimum Gasteiger partial charge on any atom is -0.481 e. The van der Waals surface area contributed by atoms with E-state index in [1.54, 1.807) is 19.3 Å². The molecule has 0 saturated carbocycles. The van der Waals surface area contributed by atoms with E-state index >= 15 is 0 Å². The van der Waals surface area contributed by atoms with Gasteiger partial charge in [0.25, 0.3) is 5.91 Å². The first kappa shape index (κ1) is 15.1. The molecule has 0 bridgehead atoms. The Morgan fingerprint density at radius 3 is 2.71 bits per heavy atom. The van der Waals surface area contributed by atoms with Gasteiger partial charge in [-0.3, -0.25) is 4.79 Å². The van der Waals surface area contributed by atoms with E-state index in [2.05, 4.69) is 5.32 Å². The number of ether oxygens (including phenoxy) is 1. The molecular weight excluding hydrogens is 268 g/mol. The summed E-state index contributed by atoms with van der Waals surface area (Å²) in [4.78, 5) is 11.9. The summed E-state index contributed by atoms with van der Waals surface area (Å²) in [7, 11) is 0. The summed E-state index contributed by atoms with van der Waals surface area (Å²) in [5.74, 6) is 1.19. The number of hydrogen-bond donors (Lipinski definition) is 2. The van der Waals surface area contributed by atoms with Crippen LogP contribution in [0.15, 0.2) is 47.1 Å². The van der Waals surface area contributed by atoms with E-state index in [1.165, 1.54) is 0 Å². The zero-order chi connectivity index (χ0) is 15.1. The number of nitrogens with one attached hydrogen (secondary N) is 1. The van der Waals surface area contributed by atoms with Crippen molar-refractivity contribution in [2.75, 3.05) is 6.54 Å². The highest BCUT2D eigenvalue weighted by molar-refractivity contribution is 5.80. The van der Waals surface area contributed by atoms with Crippen molar-refractivity contribution in [2.45, 2.75) is 26.0 Å². The number of furan rings is 1. The standard InChI is InChI=1S/C16H20N2O3/c1-12(16(19)18-11-15-3-2-10-20-15)21-14-6-4-13(5-7-14)8-9-17/h2-7,10,12H,8-9,11,17H2,1H3,(H,18,19). The van der Waals surface area contributed by atoms with Crippen LogP contribution in [0.5, 0.6) is 5.75 Å². The molecule has 1 atom stereocenters. The third-order valence-electron chi connectivity index (χ3n) is 3.06. The third kappa shape index (κ3) is 4.65. The van der Waals surface area contributed by atoms with Gasteiger partial charge in [0, 0.05) is 0 Å². The molecule has 0 aliphatic heterocycles. The van der Waals surface area contributed by atoms with E-state index in [4.69, 9.17) is 14.9 Å². The first-order valence-electron chi connectivity index (χ1n) is 6.95. The molecule has 0 fully saturated rings. The van der Waals surface area contributed by atoms with Gasteiger partial charge in [0.1, 0.15) is 11.5 Å². The van der Waals surface area contributed by atoms with Crippen LogP contribution in [0.25, 0.3) is 0 Å². The summed E-state index contributed by atoms with van der Waals surface area (Å²) in [5.41, 5.74) is 6.65. The van der Waals surface area contributed by atoms with Crippen molar-refractivity contribution in [3.63, 3.8) is 0 Å². The summed E-state index contributed by atoms with van der Waals surface area (Å²) in [5, 5.41) is 2.76. The Bertz CT molecular complexity index is 549. The molecule has 0 spiro atoms. The monoisotopic (exact) mass is 288 g/mol. The smallest absolute Gasteiger partial charge is 0.261 e. The lowest BCUT2D eigenvalue weighted by molar-refractivity contribution is -0.127. The summed E-state index contributed by atoms with van der Waals surface area (Å²) in [6.07, 6.45) is 1.84. The fourth-order valence-corrected chi connectivity index (χ4v) is 1.89. The lowest BCUT2D eigenvalue weighted by Crippen LogP contribution is -2.35. The molecule has 1 unspecified atom stereocenters. The van der Waals surface area contributed by atoms with Crippen molar-refractivity contribution < 1.29 is 13.9 Å². The highest BCUT2D eigenvalue weighted by Crippen LogP contribution is 2.14. The molecule has 0 aliphatic carbocycles.